The van der Waals surface area contributed by atoms with Gasteiger partial charge < -0.3 is 16.4 Å². The van der Waals surface area contributed by atoms with E-state index in [0.717, 1.165) is 29.6 Å². The van der Waals surface area contributed by atoms with Gasteiger partial charge in [-0.15, -0.1) is 11.3 Å². The Morgan fingerprint density at radius 1 is 0.962 bits per heavy atom. The first kappa shape index (κ1) is 16.3. The summed E-state index contributed by atoms with van der Waals surface area (Å²) in [5.41, 5.74) is 8.49. The Balaban J connectivity index is 1.53. The molecule has 0 saturated carbocycles. The van der Waals surface area contributed by atoms with Gasteiger partial charge in [0.05, 0.1) is 11.2 Å². The summed E-state index contributed by atoms with van der Waals surface area (Å²) in [4.78, 5) is 14.3. The van der Waals surface area contributed by atoms with Crippen LogP contribution in [-0.4, -0.2) is 21.5 Å². The van der Waals surface area contributed by atoms with Crippen LogP contribution in [0.25, 0.3) is 10.9 Å². The molecule has 1 aromatic carbocycles. The molecule has 0 aliphatic rings. The zero-order valence-electron chi connectivity index (χ0n) is 14.0. The third kappa shape index (κ3) is 3.43. The molecule has 0 saturated heterocycles. The van der Waals surface area contributed by atoms with Crippen LogP contribution in [0.4, 0.5) is 23.0 Å². The number of hydrogen-bond donors (Lipinski definition) is 3. The van der Waals surface area contributed by atoms with Crippen molar-refractivity contribution in [3.05, 3.63) is 65.2 Å². The van der Waals surface area contributed by atoms with Crippen LogP contribution in [0.1, 0.15) is 4.88 Å². The maximum Gasteiger partial charge on any atom is 0.159 e. The number of benzene rings is 1. The number of rotatable bonds is 6. The molecule has 0 aliphatic heterocycles. The number of anilines is 4. The van der Waals surface area contributed by atoms with Gasteiger partial charge in [-0.1, -0.05) is 24.3 Å². The summed E-state index contributed by atoms with van der Waals surface area (Å²) in [6, 6.07) is 14.1. The Morgan fingerprint density at radius 3 is 2.73 bits per heavy atom. The fraction of sp³-hybridized carbons (Fsp3) is 0.105. The lowest BCUT2D eigenvalue weighted by atomic mass is 10.2. The molecule has 0 spiro atoms. The Hall–Kier alpha value is -3.19. The van der Waals surface area contributed by atoms with Crippen LogP contribution < -0.4 is 16.4 Å². The second kappa shape index (κ2) is 7.37. The van der Waals surface area contributed by atoms with Crippen LogP contribution >= 0.6 is 11.3 Å². The quantitative estimate of drug-likeness (QED) is 0.479. The molecule has 3 heterocycles. The van der Waals surface area contributed by atoms with Gasteiger partial charge in [0, 0.05) is 23.0 Å². The van der Waals surface area contributed by atoms with Gasteiger partial charge in [0.25, 0.3) is 0 Å². The van der Waals surface area contributed by atoms with E-state index in [-0.39, 0.29) is 0 Å². The van der Waals surface area contributed by atoms with E-state index >= 15 is 0 Å². The van der Waals surface area contributed by atoms with Crippen molar-refractivity contribution in [3.8, 4) is 0 Å². The smallest absolute Gasteiger partial charge is 0.159 e. The van der Waals surface area contributed by atoms with Crippen molar-refractivity contribution >= 4 is 45.3 Å². The number of aromatic nitrogens is 3. The lowest BCUT2D eigenvalue weighted by Crippen LogP contribution is -2.10. The number of fused-ring (bicyclic) bond motifs is 1. The van der Waals surface area contributed by atoms with Crippen LogP contribution in [0.5, 0.6) is 0 Å². The molecule has 6 nitrogen and oxygen atoms in total. The highest BCUT2D eigenvalue weighted by Gasteiger charge is 2.10. The number of nitrogen functional groups attached to an aromatic ring is 1. The van der Waals surface area contributed by atoms with E-state index in [1.54, 1.807) is 17.5 Å². The lowest BCUT2D eigenvalue weighted by Gasteiger charge is -2.13. The van der Waals surface area contributed by atoms with Crippen LogP contribution in [0, 0.1) is 0 Å². The SMILES string of the molecule is Nc1c(NCCc2cccs2)ncnc1Nc1cccc2cccnc12. The van der Waals surface area contributed by atoms with Gasteiger partial charge in [0.1, 0.15) is 12.0 Å². The summed E-state index contributed by atoms with van der Waals surface area (Å²) in [6.07, 6.45) is 4.20. The summed E-state index contributed by atoms with van der Waals surface area (Å²) in [6.45, 7) is 0.761. The monoisotopic (exact) mass is 362 g/mol. The topological polar surface area (TPSA) is 88.8 Å². The molecular formula is C19H18N6S. The van der Waals surface area contributed by atoms with Crippen molar-refractivity contribution in [2.75, 3.05) is 22.9 Å². The standard InChI is InChI=1S/C19H18N6S/c20-16-18(22-10-8-14-6-3-11-26-14)23-12-24-19(16)25-15-7-1-4-13-5-2-9-21-17(13)15/h1-7,9,11-12H,8,10,20H2,(H2,22,23,24,25). The van der Waals surface area contributed by atoms with Crippen LogP contribution in [-0.2, 0) is 6.42 Å². The molecule has 4 N–H and O–H groups in total. The normalized spacial score (nSPS) is 10.8. The predicted molar refractivity (Wildman–Crippen MR) is 108 cm³/mol. The van der Waals surface area contributed by atoms with Crippen molar-refractivity contribution in [3.63, 3.8) is 0 Å². The van der Waals surface area contributed by atoms with Gasteiger partial charge in [-0.25, -0.2) is 9.97 Å². The summed E-state index contributed by atoms with van der Waals surface area (Å²) in [7, 11) is 0. The summed E-state index contributed by atoms with van der Waals surface area (Å²) >= 11 is 1.74. The van der Waals surface area contributed by atoms with E-state index in [1.807, 2.05) is 30.3 Å². The summed E-state index contributed by atoms with van der Waals surface area (Å²) in [5.74, 6) is 1.20. The van der Waals surface area contributed by atoms with E-state index in [0.29, 0.717) is 17.3 Å². The van der Waals surface area contributed by atoms with Crippen molar-refractivity contribution in [1.82, 2.24) is 15.0 Å². The highest BCUT2D eigenvalue weighted by molar-refractivity contribution is 7.09. The van der Waals surface area contributed by atoms with E-state index in [1.165, 1.54) is 11.2 Å². The minimum atomic E-state index is 0.492. The van der Waals surface area contributed by atoms with E-state index in [4.69, 9.17) is 5.73 Å². The second-order valence-electron chi connectivity index (χ2n) is 5.75. The van der Waals surface area contributed by atoms with Crippen molar-refractivity contribution in [2.24, 2.45) is 0 Å². The third-order valence-electron chi connectivity index (χ3n) is 4.01. The molecular weight excluding hydrogens is 344 g/mol. The molecule has 0 unspecified atom stereocenters. The predicted octanol–water partition coefficient (Wildman–Crippen LogP) is 4.07. The van der Waals surface area contributed by atoms with E-state index in [2.05, 4.69) is 43.1 Å². The molecule has 0 atom stereocenters. The summed E-state index contributed by atoms with van der Waals surface area (Å²) < 4.78 is 0. The molecule has 4 aromatic rings. The first-order valence-corrected chi connectivity index (χ1v) is 9.17. The highest BCUT2D eigenvalue weighted by atomic mass is 32.1. The van der Waals surface area contributed by atoms with Gasteiger partial charge in [0.2, 0.25) is 0 Å². The number of thiophene rings is 1. The number of nitrogens with one attached hydrogen (secondary N) is 2. The molecule has 4 rings (SSSR count). The Bertz CT molecular complexity index is 1010. The van der Waals surface area contributed by atoms with Gasteiger partial charge in [-0.05, 0) is 30.0 Å². The maximum atomic E-state index is 6.27. The van der Waals surface area contributed by atoms with Crippen molar-refractivity contribution < 1.29 is 0 Å². The average Bonchev–Trinajstić information content (AvgIpc) is 3.18. The largest absolute Gasteiger partial charge is 0.393 e. The highest BCUT2D eigenvalue weighted by Crippen LogP contribution is 2.29. The minimum Gasteiger partial charge on any atom is -0.393 e. The molecule has 3 aromatic heterocycles. The molecule has 0 bridgehead atoms. The van der Waals surface area contributed by atoms with E-state index in [9.17, 15) is 0 Å². The fourth-order valence-electron chi connectivity index (χ4n) is 2.73. The molecule has 0 amide bonds. The van der Waals surface area contributed by atoms with E-state index < -0.39 is 0 Å². The Labute approximate surface area is 155 Å². The average molecular weight is 362 g/mol. The van der Waals surface area contributed by atoms with Crippen LogP contribution in [0.3, 0.4) is 0 Å². The Kier molecular flexibility index (Phi) is 4.61. The van der Waals surface area contributed by atoms with Gasteiger partial charge in [0.15, 0.2) is 11.6 Å². The Morgan fingerprint density at radius 2 is 1.85 bits per heavy atom. The fourth-order valence-corrected chi connectivity index (χ4v) is 3.44. The first-order chi connectivity index (χ1) is 12.8. The van der Waals surface area contributed by atoms with Gasteiger partial charge in [-0.3, -0.25) is 4.98 Å². The number of nitrogens with zero attached hydrogens (tertiary/aromatic N) is 3. The van der Waals surface area contributed by atoms with Crippen molar-refractivity contribution in [1.29, 1.82) is 0 Å². The molecule has 26 heavy (non-hydrogen) atoms. The number of para-hydroxylation sites is 1. The van der Waals surface area contributed by atoms with Crippen LogP contribution in [0.2, 0.25) is 0 Å². The number of pyridine rings is 1. The maximum absolute atomic E-state index is 6.27. The molecule has 0 radical (unpaired) electrons. The zero-order chi connectivity index (χ0) is 17.8. The minimum absolute atomic E-state index is 0.492. The zero-order valence-corrected chi connectivity index (χ0v) is 14.8. The number of hydrogen-bond acceptors (Lipinski definition) is 7. The molecule has 130 valence electrons. The molecule has 7 heteroatoms. The van der Waals surface area contributed by atoms with Crippen molar-refractivity contribution in [2.45, 2.75) is 6.42 Å². The van der Waals surface area contributed by atoms with Gasteiger partial charge in [-0.2, -0.15) is 0 Å². The first-order valence-electron chi connectivity index (χ1n) is 8.29. The number of nitrogens with two attached hydrogens (primary N) is 1. The molecule has 0 fully saturated rings. The molecule has 0 aliphatic carbocycles. The van der Waals surface area contributed by atoms with Gasteiger partial charge >= 0.3 is 0 Å². The summed E-state index contributed by atoms with van der Waals surface area (Å²) in [5, 5.41) is 9.71. The third-order valence-corrected chi connectivity index (χ3v) is 4.95. The van der Waals surface area contributed by atoms with Crippen LogP contribution in [0.15, 0.2) is 60.4 Å². The second-order valence-corrected chi connectivity index (χ2v) is 6.78. The lowest BCUT2D eigenvalue weighted by molar-refractivity contribution is 1.02.